The number of nitrogens with zero attached hydrogens (tertiary/aromatic N) is 2. The lowest BCUT2D eigenvalue weighted by Crippen LogP contribution is -2.40. The molecule has 8 heteroatoms. The van der Waals surface area contributed by atoms with Crippen LogP contribution in [0, 0.1) is 5.92 Å². The van der Waals surface area contributed by atoms with E-state index in [9.17, 15) is 18.0 Å². The van der Waals surface area contributed by atoms with Crippen LogP contribution in [0.25, 0.3) is 0 Å². The Kier molecular flexibility index (Phi) is 5.85. The second kappa shape index (κ2) is 8.33. The van der Waals surface area contributed by atoms with Crippen LogP contribution in [-0.2, 0) is 25.0 Å². The van der Waals surface area contributed by atoms with Gasteiger partial charge in [0.05, 0.1) is 10.3 Å². The number of carbonyl (C=O) groups is 2. The number of sulfonamides is 1. The summed E-state index contributed by atoms with van der Waals surface area (Å²) in [5.41, 5.74) is 0.930. The van der Waals surface area contributed by atoms with Gasteiger partial charge in [-0.25, -0.2) is 8.42 Å². The second-order valence-electron chi connectivity index (χ2n) is 9.22. The molecule has 170 valence electrons. The maximum absolute atomic E-state index is 13.3. The molecule has 32 heavy (non-hydrogen) atoms. The van der Waals surface area contributed by atoms with Gasteiger partial charge in [-0.1, -0.05) is 25.1 Å². The Labute approximate surface area is 189 Å². The zero-order chi connectivity index (χ0) is 23.1. The molecule has 1 fully saturated rings. The van der Waals surface area contributed by atoms with Crippen molar-refractivity contribution in [3.05, 3.63) is 54.1 Å². The SMILES string of the molecule is C[C@H]1CCCN(S(=O)(=O)c2ccc3c(c2)C(C)(C)C(=O)N3CC(=O)Nc2ccccc2)C1. The molecule has 2 aromatic rings. The van der Waals surface area contributed by atoms with E-state index in [1.165, 1.54) is 9.21 Å². The van der Waals surface area contributed by atoms with Crippen LogP contribution in [0.3, 0.4) is 0 Å². The van der Waals surface area contributed by atoms with Crippen LogP contribution < -0.4 is 10.2 Å². The highest BCUT2D eigenvalue weighted by Gasteiger charge is 2.45. The van der Waals surface area contributed by atoms with Gasteiger partial charge in [0, 0.05) is 24.5 Å². The normalized spacial score (nSPS) is 20.8. The Balaban J connectivity index is 1.61. The number of nitrogens with one attached hydrogen (secondary N) is 1. The standard InChI is InChI=1S/C24H29N3O4S/c1-17-8-7-13-26(15-17)32(30,31)19-11-12-21-20(14-19)24(2,3)23(29)27(21)16-22(28)25-18-9-5-4-6-10-18/h4-6,9-12,14,17H,7-8,13,15-16H2,1-3H3,(H,25,28)/t17-/m0/s1. The third kappa shape index (κ3) is 4.04. The highest BCUT2D eigenvalue weighted by Crippen LogP contribution is 2.43. The number of rotatable bonds is 5. The lowest BCUT2D eigenvalue weighted by Gasteiger charge is -2.30. The van der Waals surface area contributed by atoms with Gasteiger partial charge < -0.3 is 10.2 Å². The van der Waals surface area contributed by atoms with Crippen molar-refractivity contribution in [1.29, 1.82) is 0 Å². The van der Waals surface area contributed by atoms with Gasteiger partial charge in [-0.05, 0) is 68.5 Å². The quantitative estimate of drug-likeness (QED) is 0.749. The number of anilines is 2. The number of benzene rings is 2. The zero-order valence-corrected chi connectivity index (χ0v) is 19.5. The number of amides is 2. The molecule has 1 atom stereocenters. The summed E-state index contributed by atoms with van der Waals surface area (Å²) in [5.74, 6) is -0.214. The minimum atomic E-state index is -3.64. The van der Waals surface area contributed by atoms with Crippen LogP contribution in [0.2, 0.25) is 0 Å². The fourth-order valence-corrected chi connectivity index (χ4v) is 6.13. The summed E-state index contributed by atoms with van der Waals surface area (Å²) in [5, 5.41) is 2.79. The molecule has 7 nitrogen and oxygen atoms in total. The van der Waals surface area contributed by atoms with Crippen LogP contribution in [0.4, 0.5) is 11.4 Å². The number of hydrogen-bond donors (Lipinski definition) is 1. The fourth-order valence-electron chi connectivity index (χ4n) is 4.51. The average molecular weight is 456 g/mol. The summed E-state index contributed by atoms with van der Waals surface area (Å²) in [4.78, 5) is 27.4. The van der Waals surface area contributed by atoms with E-state index in [0.717, 1.165) is 12.8 Å². The summed E-state index contributed by atoms with van der Waals surface area (Å²) in [7, 11) is -3.64. The third-order valence-corrected chi connectivity index (χ3v) is 8.19. The monoisotopic (exact) mass is 455 g/mol. The molecule has 0 aliphatic carbocycles. The van der Waals surface area contributed by atoms with Gasteiger partial charge in [0.1, 0.15) is 6.54 Å². The average Bonchev–Trinajstić information content (AvgIpc) is 2.95. The van der Waals surface area contributed by atoms with E-state index in [-0.39, 0.29) is 23.3 Å². The van der Waals surface area contributed by atoms with E-state index in [4.69, 9.17) is 0 Å². The molecule has 1 N–H and O–H groups in total. The predicted octanol–water partition coefficient (Wildman–Crippen LogP) is 3.37. The van der Waals surface area contributed by atoms with Crippen LogP contribution in [0.1, 0.15) is 39.2 Å². The van der Waals surface area contributed by atoms with Gasteiger partial charge in [-0.2, -0.15) is 4.31 Å². The first-order chi connectivity index (χ1) is 15.1. The summed E-state index contributed by atoms with van der Waals surface area (Å²) < 4.78 is 28.0. The van der Waals surface area contributed by atoms with Gasteiger partial charge in [-0.3, -0.25) is 9.59 Å². The molecule has 0 saturated carbocycles. The van der Waals surface area contributed by atoms with Gasteiger partial charge in [0.25, 0.3) is 0 Å². The van der Waals surface area contributed by atoms with E-state index < -0.39 is 15.4 Å². The Morgan fingerprint density at radius 1 is 1.16 bits per heavy atom. The third-order valence-electron chi connectivity index (χ3n) is 6.33. The maximum atomic E-state index is 13.3. The molecule has 2 aromatic carbocycles. The molecule has 2 aliphatic heterocycles. The predicted molar refractivity (Wildman–Crippen MR) is 124 cm³/mol. The first kappa shape index (κ1) is 22.5. The fraction of sp³-hybridized carbons (Fsp3) is 0.417. The van der Waals surface area contributed by atoms with Crippen molar-refractivity contribution in [2.75, 3.05) is 29.9 Å². The highest BCUT2D eigenvalue weighted by atomic mass is 32.2. The Morgan fingerprint density at radius 3 is 2.56 bits per heavy atom. The number of hydrogen-bond acceptors (Lipinski definition) is 4. The number of carbonyl (C=O) groups excluding carboxylic acids is 2. The van der Waals surface area contributed by atoms with E-state index in [1.54, 1.807) is 44.2 Å². The molecular formula is C24H29N3O4S. The van der Waals surface area contributed by atoms with Crippen molar-refractivity contribution in [1.82, 2.24) is 4.31 Å². The van der Waals surface area contributed by atoms with Crippen molar-refractivity contribution in [2.45, 2.75) is 43.9 Å². The Morgan fingerprint density at radius 2 is 1.88 bits per heavy atom. The largest absolute Gasteiger partial charge is 0.325 e. The summed E-state index contributed by atoms with van der Waals surface area (Å²) >= 11 is 0. The van der Waals surface area contributed by atoms with Crippen molar-refractivity contribution >= 4 is 33.2 Å². The molecule has 0 spiro atoms. The van der Waals surface area contributed by atoms with E-state index in [1.807, 2.05) is 18.2 Å². The topological polar surface area (TPSA) is 86.8 Å². The van der Waals surface area contributed by atoms with Crippen molar-refractivity contribution in [3.63, 3.8) is 0 Å². The van der Waals surface area contributed by atoms with E-state index >= 15 is 0 Å². The molecule has 0 radical (unpaired) electrons. The number of para-hydroxylation sites is 1. The lowest BCUT2D eigenvalue weighted by molar-refractivity contribution is -0.124. The minimum absolute atomic E-state index is 0.139. The zero-order valence-electron chi connectivity index (χ0n) is 18.7. The molecule has 0 bridgehead atoms. The molecule has 2 amide bonds. The second-order valence-corrected chi connectivity index (χ2v) is 11.2. The van der Waals surface area contributed by atoms with E-state index in [2.05, 4.69) is 12.2 Å². The van der Waals surface area contributed by atoms with Crippen molar-refractivity contribution < 1.29 is 18.0 Å². The van der Waals surface area contributed by atoms with Crippen LogP contribution in [0.5, 0.6) is 0 Å². The summed E-state index contributed by atoms with van der Waals surface area (Å²) in [6, 6.07) is 13.9. The highest BCUT2D eigenvalue weighted by molar-refractivity contribution is 7.89. The molecular weight excluding hydrogens is 426 g/mol. The summed E-state index contributed by atoms with van der Waals surface area (Å²) in [6.45, 7) is 6.47. The summed E-state index contributed by atoms with van der Waals surface area (Å²) in [6.07, 6.45) is 1.87. The van der Waals surface area contributed by atoms with Crippen molar-refractivity contribution in [3.8, 4) is 0 Å². The number of fused-ring (bicyclic) bond motifs is 1. The van der Waals surface area contributed by atoms with Gasteiger partial charge >= 0.3 is 0 Å². The molecule has 1 saturated heterocycles. The molecule has 0 aromatic heterocycles. The van der Waals surface area contributed by atoms with Gasteiger partial charge in [-0.15, -0.1) is 0 Å². The maximum Gasteiger partial charge on any atom is 0.244 e. The molecule has 4 rings (SSSR count). The first-order valence-electron chi connectivity index (χ1n) is 10.9. The minimum Gasteiger partial charge on any atom is -0.325 e. The smallest absolute Gasteiger partial charge is 0.244 e. The van der Waals surface area contributed by atoms with Gasteiger partial charge in [0.2, 0.25) is 21.8 Å². The van der Waals surface area contributed by atoms with Crippen molar-refractivity contribution in [2.24, 2.45) is 5.92 Å². The first-order valence-corrected chi connectivity index (χ1v) is 12.4. The van der Waals surface area contributed by atoms with E-state index in [0.29, 0.717) is 35.9 Å². The molecule has 0 unspecified atom stereocenters. The van der Waals surface area contributed by atoms with Gasteiger partial charge in [0.15, 0.2) is 0 Å². The van der Waals surface area contributed by atoms with Crippen LogP contribution in [-0.4, -0.2) is 44.2 Å². The molecule has 2 aliphatic rings. The Hall–Kier alpha value is -2.71. The Bertz CT molecular complexity index is 1150. The van der Waals surface area contributed by atoms with Crippen LogP contribution in [0.15, 0.2) is 53.4 Å². The lowest BCUT2D eigenvalue weighted by atomic mass is 9.86. The van der Waals surface area contributed by atoms with Crippen LogP contribution >= 0.6 is 0 Å². The number of piperidine rings is 1. The molecule has 2 heterocycles.